The van der Waals surface area contributed by atoms with Crippen molar-refractivity contribution in [3.8, 4) is 0 Å². The van der Waals surface area contributed by atoms with Crippen LogP contribution in [0.2, 0.25) is 0 Å². The maximum atomic E-state index is 5.62. The summed E-state index contributed by atoms with van der Waals surface area (Å²) in [5.74, 6) is 0.748. The van der Waals surface area contributed by atoms with Crippen molar-refractivity contribution >= 4 is 38.9 Å². The first-order valence-corrected chi connectivity index (χ1v) is 6.40. The lowest BCUT2D eigenvalue weighted by Crippen LogP contribution is -2.18. The third-order valence-corrected chi connectivity index (χ3v) is 3.67. The molecular formula is C9H13BrClNS. The predicted molar refractivity (Wildman–Crippen MR) is 63.7 cm³/mol. The van der Waals surface area contributed by atoms with Gasteiger partial charge < -0.3 is 4.90 Å². The van der Waals surface area contributed by atoms with Gasteiger partial charge in [-0.2, -0.15) is 0 Å². The zero-order valence-electron chi connectivity index (χ0n) is 7.59. The fourth-order valence-electron chi connectivity index (χ4n) is 1.11. The highest BCUT2D eigenvalue weighted by molar-refractivity contribution is 9.10. The highest BCUT2D eigenvalue weighted by Crippen LogP contribution is 2.20. The maximum Gasteiger partial charge on any atom is 0.0325 e. The molecule has 0 bridgehead atoms. The van der Waals surface area contributed by atoms with E-state index in [1.165, 1.54) is 9.35 Å². The molecule has 0 radical (unpaired) electrons. The van der Waals surface area contributed by atoms with Crippen LogP contribution < -0.4 is 0 Å². The van der Waals surface area contributed by atoms with Crippen molar-refractivity contribution in [1.29, 1.82) is 0 Å². The average Bonchev–Trinajstić information content (AvgIpc) is 2.48. The van der Waals surface area contributed by atoms with E-state index in [1.54, 1.807) is 11.3 Å². The molecule has 0 amide bonds. The first kappa shape index (κ1) is 11.5. The Morgan fingerprint density at radius 3 is 2.92 bits per heavy atom. The summed E-state index contributed by atoms with van der Waals surface area (Å²) in [6, 6.07) is 2.17. The van der Waals surface area contributed by atoms with E-state index in [0.717, 1.165) is 25.4 Å². The van der Waals surface area contributed by atoms with Crippen LogP contribution in [-0.4, -0.2) is 24.4 Å². The summed E-state index contributed by atoms with van der Waals surface area (Å²) >= 11 is 10.9. The van der Waals surface area contributed by atoms with Crippen LogP contribution in [0.1, 0.15) is 11.3 Å². The molecule has 0 atom stereocenters. The highest BCUT2D eigenvalue weighted by atomic mass is 79.9. The highest BCUT2D eigenvalue weighted by Gasteiger charge is 2.01. The van der Waals surface area contributed by atoms with Gasteiger partial charge >= 0.3 is 0 Å². The van der Waals surface area contributed by atoms with Crippen molar-refractivity contribution in [3.63, 3.8) is 0 Å². The zero-order chi connectivity index (χ0) is 9.68. The van der Waals surface area contributed by atoms with E-state index >= 15 is 0 Å². The Kier molecular flexibility index (Phi) is 5.32. The number of hydrogen-bond acceptors (Lipinski definition) is 2. The zero-order valence-corrected chi connectivity index (χ0v) is 10.8. The minimum absolute atomic E-state index is 0.748. The maximum absolute atomic E-state index is 5.62. The van der Waals surface area contributed by atoms with E-state index in [2.05, 4.69) is 39.3 Å². The lowest BCUT2D eigenvalue weighted by atomic mass is 10.4. The molecule has 0 saturated carbocycles. The molecule has 0 aliphatic rings. The second-order valence-corrected chi connectivity index (χ2v) is 5.30. The van der Waals surface area contributed by atoms with Crippen LogP contribution in [0, 0.1) is 0 Å². The van der Waals surface area contributed by atoms with Crippen molar-refractivity contribution in [3.05, 3.63) is 20.8 Å². The Bertz CT molecular complexity index is 252. The lowest BCUT2D eigenvalue weighted by Gasteiger charge is -2.13. The van der Waals surface area contributed by atoms with Gasteiger partial charge in [-0.05, 0) is 42.0 Å². The van der Waals surface area contributed by atoms with Crippen LogP contribution in [0.5, 0.6) is 0 Å². The summed E-state index contributed by atoms with van der Waals surface area (Å²) in [7, 11) is 2.13. The molecule has 0 aliphatic carbocycles. The van der Waals surface area contributed by atoms with Crippen molar-refractivity contribution in [2.75, 3.05) is 19.5 Å². The Labute approximate surface area is 96.8 Å². The second kappa shape index (κ2) is 6.02. The van der Waals surface area contributed by atoms with E-state index in [9.17, 15) is 0 Å². The van der Waals surface area contributed by atoms with Crippen molar-refractivity contribution < 1.29 is 0 Å². The first-order valence-electron chi connectivity index (χ1n) is 4.20. The predicted octanol–water partition coefficient (Wildman–Crippen LogP) is 3.57. The number of hydrogen-bond donors (Lipinski definition) is 0. The minimum atomic E-state index is 0.748. The van der Waals surface area contributed by atoms with Gasteiger partial charge in [0.15, 0.2) is 0 Å². The second-order valence-electron chi connectivity index (χ2n) is 3.01. The van der Waals surface area contributed by atoms with E-state index in [-0.39, 0.29) is 0 Å². The molecule has 1 aromatic heterocycles. The van der Waals surface area contributed by atoms with Crippen LogP contribution >= 0.6 is 38.9 Å². The molecular weight excluding hydrogens is 270 g/mol. The molecule has 74 valence electrons. The Morgan fingerprint density at radius 1 is 1.62 bits per heavy atom. The molecule has 0 spiro atoms. The molecule has 0 N–H and O–H groups in total. The van der Waals surface area contributed by atoms with Gasteiger partial charge in [0.1, 0.15) is 0 Å². The summed E-state index contributed by atoms with van der Waals surface area (Å²) < 4.78 is 1.18. The van der Waals surface area contributed by atoms with Gasteiger partial charge in [0.25, 0.3) is 0 Å². The molecule has 1 nitrogen and oxygen atoms in total. The summed E-state index contributed by atoms with van der Waals surface area (Å²) in [5, 5.41) is 2.12. The summed E-state index contributed by atoms with van der Waals surface area (Å²) in [4.78, 5) is 3.68. The van der Waals surface area contributed by atoms with Crippen LogP contribution in [0.3, 0.4) is 0 Å². The van der Waals surface area contributed by atoms with Gasteiger partial charge in [0.2, 0.25) is 0 Å². The molecule has 4 heteroatoms. The van der Waals surface area contributed by atoms with Gasteiger partial charge in [-0.15, -0.1) is 22.9 Å². The molecule has 1 heterocycles. The molecule has 0 unspecified atom stereocenters. The molecule has 1 aromatic rings. The van der Waals surface area contributed by atoms with Gasteiger partial charge in [-0.25, -0.2) is 0 Å². The van der Waals surface area contributed by atoms with Gasteiger partial charge in [-0.3, -0.25) is 0 Å². The number of halogens is 2. The van der Waals surface area contributed by atoms with Gasteiger partial charge in [-0.1, -0.05) is 0 Å². The van der Waals surface area contributed by atoms with E-state index in [4.69, 9.17) is 11.6 Å². The van der Waals surface area contributed by atoms with Crippen molar-refractivity contribution in [2.45, 2.75) is 13.0 Å². The summed E-state index contributed by atoms with van der Waals surface area (Å²) in [6.07, 6.45) is 1.06. The van der Waals surface area contributed by atoms with Crippen LogP contribution in [0.15, 0.2) is 15.9 Å². The van der Waals surface area contributed by atoms with Crippen molar-refractivity contribution in [1.82, 2.24) is 4.90 Å². The van der Waals surface area contributed by atoms with E-state index in [0.29, 0.717) is 0 Å². The fraction of sp³-hybridized carbons (Fsp3) is 0.556. The smallest absolute Gasteiger partial charge is 0.0325 e. The summed E-state index contributed by atoms with van der Waals surface area (Å²) in [6.45, 7) is 2.09. The fourth-order valence-corrected chi connectivity index (χ4v) is 2.76. The van der Waals surface area contributed by atoms with E-state index in [1.807, 2.05) is 0 Å². The average molecular weight is 283 g/mol. The molecule has 0 aliphatic heterocycles. The molecule has 13 heavy (non-hydrogen) atoms. The standard InChI is InChI=1S/C9H13BrClNS/c1-12(4-2-3-11)6-9-5-8(10)7-13-9/h5,7H,2-4,6H2,1H3. The van der Waals surface area contributed by atoms with Gasteiger partial charge in [0, 0.05) is 27.2 Å². The Morgan fingerprint density at radius 2 is 2.38 bits per heavy atom. The molecule has 0 aromatic carbocycles. The minimum Gasteiger partial charge on any atom is -0.301 e. The summed E-state index contributed by atoms with van der Waals surface area (Å²) in [5.41, 5.74) is 0. The van der Waals surface area contributed by atoms with Gasteiger partial charge in [0.05, 0.1) is 0 Å². The first-order chi connectivity index (χ1) is 6.22. The number of thiophene rings is 1. The van der Waals surface area contributed by atoms with Crippen molar-refractivity contribution in [2.24, 2.45) is 0 Å². The van der Waals surface area contributed by atoms with E-state index < -0.39 is 0 Å². The third kappa shape index (κ3) is 4.45. The number of rotatable bonds is 5. The van der Waals surface area contributed by atoms with Crippen LogP contribution in [0.25, 0.3) is 0 Å². The molecule has 0 saturated heterocycles. The number of alkyl halides is 1. The quantitative estimate of drug-likeness (QED) is 0.746. The lowest BCUT2D eigenvalue weighted by molar-refractivity contribution is 0.331. The third-order valence-electron chi connectivity index (χ3n) is 1.72. The topological polar surface area (TPSA) is 3.24 Å². The van der Waals surface area contributed by atoms with Crippen LogP contribution in [0.4, 0.5) is 0 Å². The monoisotopic (exact) mass is 281 g/mol. The molecule has 1 rings (SSSR count). The SMILES string of the molecule is CN(CCCCl)Cc1cc(Br)cs1. The molecule has 0 fully saturated rings. The number of nitrogens with zero attached hydrogens (tertiary/aromatic N) is 1. The Balaban J connectivity index is 2.31. The Hall–Kier alpha value is 0.430. The van der Waals surface area contributed by atoms with Crippen LogP contribution in [-0.2, 0) is 6.54 Å². The largest absolute Gasteiger partial charge is 0.301 e. The normalized spacial score (nSPS) is 11.1.